The lowest BCUT2D eigenvalue weighted by Gasteiger charge is -2.00. The normalized spacial score (nSPS) is 21.2. The number of rotatable bonds is 5. The highest BCUT2D eigenvalue weighted by molar-refractivity contribution is 6.02. The molecule has 1 aliphatic rings. The largest absolute Gasteiger partial charge is 0.406 e. The maximum atomic E-state index is 11.2. The molecule has 1 atom stereocenters. The number of unbranched alkanes of at least 4 members (excludes halogenated alkanes) is 2. The fourth-order valence-electron chi connectivity index (χ4n) is 1.27. The molecule has 0 aromatic rings. The van der Waals surface area contributed by atoms with E-state index < -0.39 is 0 Å². The second-order valence-electron chi connectivity index (χ2n) is 3.10. The predicted octanol–water partition coefficient (Wildman–Crippen LogP) is 2.08. The van der Waals surface area contributed by atoms with Crippen LogP contribution in [-0.4, -0.2) is 17.9 Å². The first-order valence-corrected chi connectivity index (χ1v) is 4.70. The van der Waals surface area contributed by atoms with Gasteiger partial charge in [0.25, 0.3) is 0 Å². The van der Waals surface area contributed by atoms with E-state index in [4.69, 9.17) is 4.74 Å². The van der Waals surface area contributed by atoms with Gasteiger partial charge in [0.05, 0.1) is 0 Å². The highest BCUT2D eigenvalue weighted by Gasteiger charge is 2.26. The first kappa shape index (κ1) is 9.96. The van der Waals surface area contributed by atoms with Crippen LogP contribution in [0.5, 0.6) is 0 Å². The average molecular weight is 181 g/mol. The van der Waals surface area contributed by atoms with Crippen LogP contribution in [-0.2, 0) is 9.53 Å². The van der Waals surface area contributed by atoms with Gasteiger partial charge in [0.15, 0.2) is 6.04 Å². The van der Waals surface area contributed by atoms with Crippen LogP contribution in [0, 0.1) is 0 Å². The number of carbonyl (C=O) groups is 1. The SMILES string of the molecule is C=CC1=NC(CCCCC)C(=O)O1. The predicted molar refractivity (Wildman–Crippen MR) is 51.7 cm³/mol. The van der Waals surface area contributed by atoms with Crippen molar-refractivity contribution in [2.75, 3.05) is 0 Å². The number of nitrogens with zero attached hydrogens (tertiary/aromatic N) is 1. The molecule has 13 heavy (non-hydrogen) atoms. The second kappa shape index (κ2) is 4.80. The van der Waals surface area contributed by atoms with Gasteiger partial charge in [-0.15, -0.1) is 0 Å². The van der Waals surface area contributed by atoms with Crippen LogP contribution in [0.25, 0.3) is 0 Å². The Balaban J connectivity index is 2.37. The Bertz CT molecular complexity index is 233. The molecule has 1 rings (SSSR count). The summed E-state index contributed by atoms with van der Waals surface area (Å²) in [7, 11) is 0. The van der Waals surface area contributed by atoms with Crippen LogP contribution in [0.4, 0.5) is 0 Å². The molecule has 1 unspecified atom stereocenters. The molecule has 0 bridgehead atoms. The summed E-state index contributed by atoms with van der Waals surface area (Å²) in [5.74, 6) is 0.137. The Hall–Kier alpha value is -1.12. The van der Waals surface area contributed by atoms with Gasteiger partial charge in [0, 0.05) is 0 Å². The van der Waals surface area contributed by atoms with Gasteiger partial charge in [0.2, 0.25) is 5.90 Å². The molecule has 0 saturated heterocycles. The molecular weight excluding hydrogens is 166 g/mol. The summed E-state index contributed by atoms with van der Waals surface area (Å²) in [6, 6.07) is -0.278. The third-order valence-electron chi connectivity index (χ3n) is 2.02. The Kier molecular flexibility index (Phi) is 3.68. The molecule has 0 spiro atoms. The summed E-state index contributed by atoms with van der Waals surface area (Å²) in [6.45, 7) is 5.63. The zero-order valence-corrected chi connectivity index (χ0v) is 7.95. The van der Waals surface area contributed by atoms with E-state index in [0.717, 1.165) is 25.7 Å². The molecule has 3 heteroatoms. The molecule has 0 radical (unpaired) electrons. The van der Waals surface area contributed by atoms with E-state index in [1.54, 1.807) is 0 Å². The summed E-state index contributed by atoms with van der Waals surface area (Å²) in [5, 5.41) is 0. The van der Waals surface area contributed by atoms with E-state index in [-0.39, 0.29) is 12.0 Å². The van der Waals surface area contributed by atoms with Crippen LogP contribution in [0.15, 0.2) is 17.6 Å². The zero-order valence-electron chi connectivity index (χ0n) is 7.95. The van der Waals surface area contributed by atoms with Crippen molar-refractivity contribution in [1.82, 2.24) is 0 Å². The number of esters is 1. The zero-order chi connectivity index (χ0) is 9.68. The number of hydrogen-bond acceptors (Lipinski definition) is 3. The molecule has 0 amide bonds. The Morgan fingerprint density at radius 2 is 2.38 bits per heavy atom. The quantitative estimate of drug-likeness (QED) is 0.481. The number of aliphatic imine (C=N–C) groups is 1. The lowest BCUT2D eigenvalue weighted by Crippen LogP contribution is -2.14. The van der Waals surface area contributed by atoms with Gasteiger partial charge >= 0.3 is 5.97 Å². The molecule has 3 nitrogen and oxygen atoms in total. The van der Waals surface area contributed by atoms with Gasteiger partial charge in [-0.3, -0.25) is 0 Å². The van der Waals surface area contributed by atoms with Crippen molar-refractivity contribution < 1.29 is 9.53 Å². The number of hydrogen-bond donors (Lipinski definition) is 0. The molecule has 1 aliphatic heterocycles. The van der Waals surface area contributed by atoms with E-state index in [0.29, 0.717) is 5.90 Å². The third kappa shape index (κ3) is 2.68. The van der Waals surface area contributed by atoms with Crippen LogP contribution in [0.3, 0.4) is 0 Å². The van der Waals surface area contributed by atoms with Crippen LogP contribution < -0.4 is 0 Å². The van der Waals surface area contributed by atoms with Crippen molar-refractivity contribution in [3.05, 3.63) is 12.7 Å². The van der Waals surface area contributed by atoms with Crippen molar-refractivity contribution >= 4 is 11.9 Å². The van der Waals surface area contributed by atoms with E-state index in [9.17, 15) is 4.79 Å². The molecular formula is C10H15NO2. The Morgan fingerprint density at radius 3 is 2.92 bits per heavy atom. The molecule has 1 heterocycles. The van der Waals surface area contributed by atoms with Gasteiger partial charge < -0.3 is 4.74 Å². The number of carbonyl (C=O) groups excluding carboxylic acids is 1. The van der Waals surface area contributed by atoms with Gasteiger partial charge in [-0.05, 0) is 12.5 Å². The second-order valence-corrected chi connectivity index (χ2v) is 3.10. The lowest BCUT2D eigenvalue weighted by molar-refractivity contribution is -0.135. The summed E-state index contributed by atoms with van der Waals surface area (Å²) in [5.41, 5.74) is 0. The molecule has 0 saturated carbocycles. The van der Waals surface area contributed by atoms with Crippen molar-refractivity contribution in [2.45, 2.75) is 38.6 Å². The van der Waals surface area contributed by atoms with Crippen molar-refractivity contribution in [3.63, 3.8) is 0 Å². The first-order valence-electron chi connectivity index (χ1n) is 4.70. The van der Waals surface area contributed by atoms with Crippen molar-refractivity contribution in [3.8, 4) is 0 Å². The van der Waals surface area contributed by atoms with E-state index in [1.165, 1.54) is 6.08 Å². The topological polar surface area (TPSA) is 38.7 Å². The molecule has 0 aromatic carbocycles. The first-order chi connectivity index (χ1) is 6.27. The average Bonchev–Trinajstić information content (AvgIpc) is 2.48. The van der Waals surface area contributed by atoms with Crippen molar-refractivity contribution in [2.24, 2.45) is 4.99 Å². The minimum Gasteiger partial charge on any atom is -0.406 e. The number of ether oxygens (including phenoxy) is 1. The third-order valence-corrected chi connectivity index (χ3v) is 2.02. The highest BCUT2D eigenvalue weighted by Crippen LogP contribution is 2.14. The van der Waals surface area contributed by atoms with E-state index in [1.807, 2.05) is 0 Å². The minimum atomic E-state index is -0.278. The highest BCUT2D eigenvalue weighted by atomic mass is 16.6. The summed E-state index contributed by atoms with van der Waals surface area (Å²) in [4.78, 5) is 15.2. The maximum Gasteiger partial charge on any atom is 0.337 e. The summed E-state index contributed by atoms with van der Waals surface area (Å²) >= 11 is 0. The molecule has 0 aliphatic carbocycles. The van der Waals surface area contributed by atoms with E-state index >= 15 is 0 Å². The molecule has 72 valence electrons. The lowest BCUT2D eigenvalue weighted by atomic mass is 10.1. The molecule has 0 fully saturated rings. The Morgan fingerprint density at radius 1 is 1.62 bits per heavy atom. The van der Waals surface area contributed by atoms with Gasteiger partial charge in [0.1, 0.15) is 0 Å². The fourth-order valence-corrected chi connectivity index (χ4v) is 1.27. The maximum absolute atomic E-state index is 11.2. The summed E-state index contributed by atoms with van der Waals surface area (Å²) in [6.07, 6.45) is 5.59. The number of cyclic esters (lactones) is 1. The monoisotopic (exact) mass is 181 g/mol. The standard InChI is InChI=1S/C10H15NO2/c1-3-5-6-7-8-10(12)13-9(4-2)11-8/h4,8H,2-3,5-7H2,1H3. The summed E-state index contributed by atoms with van der Waals surface area (Å²) < 4.78 is 4.85. The van der Waals surface area contributed by atoms with Crippen LogP contribution in [0.1, 0.15) is 32.6 Å². The van der Waals surface area contributed by atoms with Crippen LogP contribution in [0.2, 0.25) is 0 Å². The smallest absolute Gasteiger partial charge is 0.337 e. The molecule has 0 N–H and O–H groups in total. The van der Waals surface area contributed by atoms with Crippen LogP contribution >= 0.6 is 0 Å². The fraction of sp³-hybridized carbons (Fsp3) is 0.600. The Labute approximate surface area is 78.5 Å². The van der Waals surface area contributed by atoms with Gasteiger partial charge in [-0.25, -0.2) is 9.79 Å². The van der Waals surface area contributed by atoms with Gasteiger partial charge in [-0.1, -0.05) is 32.8 Å². The van der Waals surface area contributed by atoms with Gasteiger partial charge in [-0.2, -0.15) is 0 Å². The minimum absolute atomic E-state index is 0.231. The molecule has 0 aromatic heterocycles. The van der Waals surface area contributed by atoms with E-state index in [2.05, 4.69) is 18.5 Å². The van der Waals surface area contributed by atoms with Crippen molar-refractivity contribution in [1.29, 1.82) is 0 Å².